The highest BCUT2D eigenvalue weighted by Gasteiger charge is 2.15. The van der Waals surface area contributed by atoms with Crippen molar-refractivity contribution in [3.63, 3.8) is 0 Å². The van der Waals surface area contributed by atoms with E-state index in [4.69, 9.17) is 15.2 Å². The zero-order chi connectivity index (χ0) is 15.1. The van der Waals surface area contributed by atoms with Gasteiger partial charge in [0.15, 0.2) is 0 Å². The standard InChI is InChI=1S/C14H20N2O4/c1-9(15)4-7-13(17)16-12-6-5-10(19-2)8-11(12)14(18)20-3/h5-6,8-9H,4,7,15H2,1-3H3,(H,16,17). The van der Waals surface area contributed by atoms with Crippen molar-refractivity contribution >= 4 is 17.6 Å². The number of nitrogens with two attached hydrogens (primary N) is 1. The molecule has 1 atom stereocenters. The van der Waals surface area contributed by atoms with Gasteiger partial charge in [0.25, 0.3) is 0 Å². The van der Waals surface area contributed by atoms with Crippen LogP contribution in [0, 0.1) is 0 Å². The summed E-state index contributed by atoms with van der Waals surface area (Å²) in [5.41, 5.74) is 6.25. The second kappa shape index (κ2) is 7.49. The molecule has 20 heavy (non-hydrogen) atoms. The molecule has 1 amide bonds. The quantitative estimate of drug-likeness (QED) is 0.771. The van der Waals surface area contributed by atoms with E-state index in [0.717, 1.165) is 0 Å². The lowest BCUT2D eigenvalue weighted by molar-refractivity contribution is -0.116. The Morgan fingerprint density at radius 2 is 2.05 bits per heavy atom. The molecule has 6 nitrogen and oxygen atoms in total. The van der Waals surface area contributed by atoms with E-state index in [0.29, 0.717) is 24.3 Å². The third-order valence-electron chi connectivity index (χ3n) is 2.73. The fraction of sp³-hybridized carbons (Fsp3) is 0.429. The van der Waals surface area contributed by atoms with Gasteiger partial charge in [-0.05, 0) is 31.5 Å². The highest BCUT2D eigenvalue weighted by molar-refractivity contribution is 6.01. The number of hydrogen-bond acceptors (Lipinski definition) is 5. The third-order valence-corrected chi connectivity index (χ3v) is 2.73. The minimum atomic E-state index is -0.536. The zero-order valence-electron chi connectivity index (χ0n) is 11.9. The summed E-state index contributed by atoms with van der Waals surface area (Å²) >= 11 is 0. The molecule has 0 radical (unpaired) electrons. The average molecular weight is 280 g/mol. The number of nitrogens with one attached hydrogen (secondary N) is 1. The van der Waals surface area contributed by atoms with E-state index >= 15 is 0 Å². The molecular formula is C14H20N2O4. The van der Waals surface area contributed by atoms with Gasteiger partial charge in [0.2, 0.25) is 5.91 Å². The summed E-state index contributed by atoms with van der Waals surface area (Å²) < 4.78 is 9.74. The van der Waals surface area contributed by atoms with Crippen LogP contribution >= 0.6 is 0 Å². The summed E-state index contributed by atoms with van der Waals surface area (Å²) in [6.45, 7) is 1.83. The second-order valence-electron chi connectivity index (χ2n) is 4.47. The number of anilines is 1. The molecule has 0 fully saturated rings. The Bertz CT molecular complexity index is 486. The minimum Gasteiger partial charge on any atom is -0.497 e. The summed E-state index contributed by atoms with van der Waals surface area (Å²) in [6, 6.07) is 4.74. The largest absolute Gasteiger partial charge is 0.497 e. The lowest BCUT2D eigenvalue weighted by Crippen LogP contribution is -2.20. The van der Waals surface area contributed by atoms with Gasteiger partial charge < -0.3 is 20.5 Å². The SMILES string of the molecule is COC(=O)c1cc(OC)ccc1NC(=O)CCC(C)N. The number of amides is 1. The normalized spacial score (nSPS) is 11.6. The molecular weight excluding hydrogens is 260 g/mol. The van der Waals surface area contributed by atoms with Crippen LogP contribution in [0.3, 0.4) is 0 Å². The van der Waals surface area contributed by atoms with Gasteiger partial charge in [-0.1, -0.05) is 0 Å². The van der Waals surface area contributed by atoms with Crippen LogP contribution in [0.25, 0.3) is 0 Å². The highest BCUT2D eigenvalue weighted by Crippen LogP contribution is 2.23. The van der Waals surface area contributed by atoms with E-state index in [9.17, 15) is 9.59 Å². The first-order valence-corrected chi connectivity index (χ1v) is 6.29. The van der Waals surface area contributed by atoms with Gasteiger partial charge >= 0.3 is 5.97 Å². The number of rotatable bonds is 6. The first-order chi connectivity index (χ1) is 9.47. The maximum absolute atomic E-state index is 11.8. The summed E-state index contributed by atoms with van der Waals surface area (Å²) in [7, 11) is 2.78. The van der Waals surface area contributed by atoms with E-state index in [2.05, 4.69) is 5.32 Å². The molecule has 0 aliphatic rings. The molecule has 110 valence electrons. The molecule has 0 heterocycles. The monoisotopic (exact) mass is 280 g/mol. The first-order valence-electron chi connectivity index (χ1n) is 6.29. The van der Waals surface area contributed by atoms with Crippen LogP contribution in [-0.2, 0) is 9.53 Å². The van der Waals surface area contributed by atoms with Crippen molar-refractivity contribution in [1.29, 1.82) is 0 Å². The summed E-state index contributed by atoms with van der Waals surface area (Å²) in [5, 5.41) is 2.68. The van der Waals surface area contributed by atoms with Crippen molar-refractivity contribution in [2.24, 2.45) is 5.73 Å². The minimum absolute atomic E-state index is 0.0447. The van der Waals surface area contributed by atoms with Crippen LogP contribution in [0.5, 0.6) is 5.75 Å². The Labute approximate surface area is 118 Å². The highest BCUT2D eigenvalue weighted by atomic mass is 16.5. The van der Waals surface area contributed by atoms with Crippen molar-refractivity contribution in [1.82, 2.24) is 0 Å². The fourth-order valence-corrected chi connectivity index (χ4v) is 1.61. The Morgan fingerprint density at radius 1 is 1.35 bits per heavy atom. The smallest absolute Gasteiger partial charge is 0.340 e. The molecule has 0 bridgehead atoms. The Hall–Kier alpha value is -2.08. The number of hydrogen-bond donors (Lipinski definition) is 2. The van der Waals surface area contributed by atoms with Gasteiger partial charge in [-0.15, -0.1) is 0 Å². The molecule has 0 saturated heterocycles. The summed E-state index contributed by atoms with van der Waals surface area (Å²) in [5.74, 6) is -0.219. The molecule has 0 aliphatic heterocycles. The van der Waals surface area contributed by atoms with Crippen molar-refractivity contribution < 1.29 is 19.1 Å². The molecule has 1 aromatic carbocycles. The number of benzene rings is 1. The molecule has 3 N–H and O–H groups in total. The molecule has 1 aromatic rings. The van der Waals surface area contributed by atoms with Crippen LogP contribution in [0.4, 0.5) is 5.69 Å². The second-order valence-corrected chi connectivity index (χ2v) is 4.47. The van der Waals surface area contributed by atoms with Crippen LogP contribution in [-0.4, -0.2) is 32.1 Å². The maximum atomic E-state index is 11.8. The zero-order valence-corrected chi connectivity index (χ0v) is 11.9. The van der Waals surface area contributed by atoms with Gasteiger partial charge in [-0.3, -0.25) is 4.79 Å². The van der Waals surface area contributed by atoms with Gasteiger partial charge in [0, 0.05) is 12.5 Å². The van der Waals surface area contributed by atoms with Gasteiger partial charge in [0.1, 0.15) is 5.75 Å². The maximum Gasteiger partial charge on any atom is 0.340 e. The molecule has 6 heteroatoms. The molecule has 0 aliphatic carbocycles. The van der Waals surface area contributed by atoms with Crippen molar-refractivity contribution in [3.8, 4) is 5.75 Å². The predicted molar refractivity (Wildman–Crippen MR) is 75.8 cm³/mol. The molecule has 0 spiro atoms. The van der Waals surface area contributed by atoms with E-state index in [-0.39, 0.29) is 17.5 Å². The van der Waals surface area contributed by atoms with Gasteiger partial charge in [-0.2, -0.15) is 0 Å². The van der Waals surface area contributed by atoms with E-state index in [1.54, 1.807) is 12.1 Å². The third kappa shape index (κ3) is 4.55. The number of carbonyl (C=O) groups is 2. The van der Waals surface area contributed by atoms with E-state index in [1.165, 1.54) is 20.3 Å². The van der Waals surface area contributed by atoms with E-state index < -0.39 is 5.97 Å². The molecule has 1 rings (SSSR count). The number of ether oxygens (including phenoxy) is 2. The lowest BCUT2D eigenvalue weighted by Gasteiger charge is -2.12. The van der Waals surface area contributed by atoms with Crippen LogP contribution in [0.1, 0.15) is 30.1 Å². The molecule has 1 unspecified atom stereocenters. The molecule has 0 saturated carbocycles. The van der Waals surface area contributed by atoms with Crippen LogP contribution in [0.2, 0.25) is 0 Å². The number of methoxy groups -OCH3 is 2. The van der Waals surface area contributed by atoms with Crippen molar-refractivity contribution in [2.75, 3.05) is 19.5 Å². The number of esters is 1. The summed E-state index contributed by atoms with van der Waals surface area (Å²) in [4.78, 5) is 23.5. The number of carbonyl (C=O) groups excluding carboxylic acids is 2. The van der Waals surface area contributed by atoms with Gasteiger partial charge in [0.05, 0.1) is 25.5 Å². The fourth-order valence-electron chi connectivity index (χ4n) is 1.61. The molecule has 0 aromatic heterocycles. The van der Waals surface area contributed by atoms with Crippen molar-refractivity contribution in [3.05, 3.63) is 23.8 Å². The average Bonchev–Trinajstić information content (AvgIpc) is 2.44. The first kappa shape index (κ1) is 16.0. The Balaban J connectivity index is 2.88. The van der Waals surface area contributed by atoms with Crippen LogP contribution < -0.4 is 15.8 Å². The lowest BCUT2D eigenvalue weighted by atomic mass is 10.1. The summed E-state index contributed by atoms with van der Waals surface area (Å²) in [6.07, 6.45) is 0.875. The topological polar surface area (TPSA) is 90.6 Å². The predicted octanol–water partition coefficient (Wildman–Crippen LogP) is 1.55. The van der Waals surface area contributed by atoms with Crippen LogP contribution in [0.15, 0.2) is 18.2 Å². The Kier molecular flexibility index (Phi) is 5.99. The van der Waals surface area contributed by atoms with Crippen molar-refractivity contribution in [2.45, 2.75) is 25.8 Å². The van der Waals surface area contributed by atoms with E-state index in [1.807, 2.05) is 6.92 Å². The van der Waals surface area contributed by atoms with Gasteiger partial charge in [-0.25, -0.2) is 4.79 Å². The Morgan fingerprint density at radius 3 is 2.60 bits per heavy atom.